The number of imidazole rings is 1. The van der Waals surface area contributed by atoms with Gasteiger partial charge in [-0.1, -0.05) is 30.3 Å². The van der Waals surface area contributed by atoms with E-state index in [0.29, 0.717) is 28.3 Å². The lowest BCUT2D eigenvalue weighted by atomic mass is 10.1. The van der Waals surface area contributed by atoms with Gasteiger partial charge < -0.3 is 5.32 Å². The fraction of sp³-hybridized carbons (Fsp3) is 0.0909. The molecular formula is C22H15F4N3O. The maximum atomic E-state index is 13.1. The van der Waals surface area contributed by atoms with E-state index in [1.54, 1.807) is 28.8 Å². The smallest absolute Gasteiger partial charge is 0.310 e. The summed E-state index contributed by atoms with van der Waals surface area (Å²) in [5, 5.41) is 2.79. The molecular weight excluding hydrogens is 398 g/mol. The zero-order valence-corrected chi connectivity index (χ0v) is 15.4. The zero-order chi connectivity index (χ0) is 21.3. The summed E-state index contributed by atoms with van der Waals surface area (Å²) in [7, 11) is 0. The number of carbonyl (C=O) groups excluding carboxylic acids is 1. The number of pyridine rings is 1. The number of nitrogens with zero attached hydrogens (tertiary/aromatic N) is 2. The van der Waals surface area contributed by atoms with Gasteiger partial charge in [-0.2, -0.15) is 13.2 Å². The Labute approximate surface area is 168 Å². The minimum atomic E-state index is -4.44. The predicted octanol–water partition coefficient (Wildman–Crippen LogP) is 5.34. The molecule has 0 aliphatic heterocycles. The van der Waals surface area contributed by atoms with E-state index in [1.165, 1.54) is 36.4 Å². The number of anilines is 1. The summed E-state index contributed by atoms with van der Waals surface area (Å²) in [6.07, 6.45) is -2.74. The fourth-order valence-corrected chi connectivity index (χ4v) is 3.10. The molecule has 4 aromatic rings. The molecule has 2 aromatic heterocycles. The van der Waals surface area contributed by atoms with Crippen molar-refractivity contribution in [3.8, 4) is 11.3 Å². The van der Waals surface area contributed by atoms with E-state index in [9.17, 15) is 22.4 Å². The van der Waals surface area contributed by atoms with Gasteiger partial charge in [-0.15, -0.1) is 0 Å². The summed E-state index contributed by atoms with van der Waals surface area (Å²) in [6.45, 7) is 0. The van der Waals surface area contributed by atoms with Crippen LogP contribution >= 0.6 is 0 Å². The number of hydrogen-bond acceptors (Lipinski definition) is 2. The SMILES string of the molecule is O=C(Cc1ccc(F)cc1)Nc1c(-c2ccc(C(F)(F)F)cc2)nc2ccccn12. The third-order valence-electron chi connectivity index (χ3n) is 4.55. The molecule has 0 radical (unpaired) electrons. The highest BCUT2D eigenvalue weighted by atomic mass is 19.4. The molecule has 4 rings (SSSR count). The highest BCUT2D eigenvalue weighted by molar-refractivity contribution is 5.95. The van der Waals surface area contributed by atoms with E-state index >= 15 is 0 Å². The van der Waals surface area contributed by atoms with Gasteiger partial charge in [0, 0.05) is 11.8 Å². The second kappa shape index (κ2) is 7.62. The summed E-state index contributed by atoms with van der Waals surface area (Å²) in [6, 6.07) is 15.4. The number of fused-ring (bicyclic) bond motifs is 1. The van der Waals surface area contributed by atoms with Crippen molar-refractivity contribution in [3.05, 3.63) is 89.9 Å². The molecule has 0 saturated heterocycles. The first kappa shape index (κ1) is 19.6. The fourth-order valence-electron chi connectivity index (χ4n) is 3.10. The van der Waals surface area contributed by atoms with Crippen LogP contribution in [0.15, 0.2) is 72.9 Å². The highest BCUT2D eigenvalue weighted by Gasteiger charge is 2.30. The highest BCUT2D eigenvalue weighted by Crippen LogP contribution is 2.33. The normalized spacial score (nSPS) is 11.6. The van der Waals surface area contributed by atoms with E-state index in [1.807, 2.05) is 0 Å². The molecule has 0 saturated carbocycles. The average molecular weight is 413 g/mol. The Morgan fingerprint density at radius 1 is 0.967 bits per heavy atom. The van der Waals surface area contributed by atoms with Gasteiger partial charge in [-0.25, -0.2) is 9.37 Å². The Hall–Kier alpha value is -3.68. The molecule has 0 unspecified atom stereocenters. The van der Waals surface area contributed by atoms with Crippen LogP contribution in [-0.4, -0.2) is 15.3 Å². The van der Waals surface area contributed by atoms with Gasteiger partial charge in [-0.05, 0) is 42.0 Å². The molecule has 0 fully saturated rings. The summed E-state index contributed by atoms with van der Waals surface area (Å²) >= 11 is 0. The van der Waals surface area contributed by atoms with Crippen LogP contribution in [0.2, 0.25) is 0 Å². The van der Waals surface area contributed by atoms with E-state index < -0.39 is 17.6 Å². The van der Waals surface area contributed by atoms with Crippen LogP contribution in [0.5, 0.6) is 0 Å². The van der Waals surface area contributed by atoms with Crippen LogP contribution < -0.4 is 5.32 Å². The minimum absolute atomic E-state index is 0.00674. The van der Waals surface area contributed by atoms with Crippen LogP contribution in [0, 0.1) is 5.82 Å². The molecule has 4 nitrogen and oxygen atoms in total. The third-order valence-corrected chi connectivity index (χ3v) is 4.55. The molecule has 0 aliphatic rings. The van der Waals surface area contributed by atoms with E-state index in [-0.39, 0.29) is 12.3 Å². The second-order valence-electron chi connectivity index (χ2n) is 6.66. The van der Waals surface area contributed by atoms with Crippen LogP contribution in [0.4, 0.5) is 23.4 Å². The van der Waals surface area contributed by atoms with Gasteiger partial charge in [0.15, 0.2) is 0 Å². The summed E-state index contributed by atoms with van der Waals surface area (Å²) in [5.41, 5.74) is 1.17. The molecule has 2 aromatic carbocycles. The lowest BCUT2D eigenvalue weighted by molar-refractivity contribution is -0.137. The molecule has 0 atom stereocenters. The number of alkyl halides is 3. The molecule has 2 heterocycles. The van der Waals surface area contributed by atoms with E-state index in [2.05, 4.69) is 10.3 Å². The molecule has 1 N–H and O–H groups in total. The first-order valence-corrected chi connectivity index (χ1v) is 9.00. The lowest BCUT2D eigenvalue weighted by Gasteiger charge is -2.10. The summed E-state index contributed by atoms with van der Waals surface area (Å²) < 4.78 is 53.3. The van der Waals surface area contributed by atoms with Crippen LogP contribution in [0.3, 0.4) is 0 Å². The number of halogens is 4. The standard InChI is InChI=1S/C22H15F4N3O/c23-17-10-4-14(5-11-17)13-19(30)28-21-20(27-18-3-1-2-12-29(18)21)15-6-8-16(9-7-15)22(24,25)26/h1-12H,13H2,(H,28,30). The topological polar surface area (TPSA) is 46.4 Å². The number of amides is 1. The maximum Gasteiger partial charge on any atom is 0.416 e. The number of aromatic nitrogens is 2. The van der Waals surface area contributed by atoms with Crippen LogP contribution in [0.1, 0.15) is 11.1 Å². The molecule has 152 valence electrons. The van der Waals surface area contributed by atoms with Crippen molar-refractivity contribution < 1.29 is 22.4 Å². The van der Waals surface area contributed by atoms with Crippen LogP contribution in [0.25, 0.3) is 16.9 Å². The van der Waals surface area contributed by atoms with E-state index in [0.717, 1.165) is 12.1 Å². The molecule has 0 bridgehead atoms. The van der Waals surface area contributed by atoms with Crippen LogP contribution in [-0.2, 0) is 17.4 Å². The molecule has 1 amide bonds. The molecule has 30 heavy (non-hydrogen) atoms. The number of hydrogen-bond donors (Lipinski definition) is 1. The first-order chi connectivity index (χ1) is 14.3. The van der Waals surface area contributed by atoms with Crippen molar-refractivity contribution in [3.63, 3.8) is 0 Å². The minimum Gasteiger partial charge on any atom is -0.310 e. The van der Waals surface area contributed by atoms with Gasteiger partial charge >= 0.3 is 6.18 Å². The van der Waals surface area contributed by atoms with Crippen molar-refractivity contribution >= 4 is 17.4 Å². The van der Waals surface area contributed by atoms with Gasteiger partial charge in [0.05, 0.1) is 12.0 Å². The quantitative estimate of drug-likeness (QED) is 0.459. The predicted molar refractivity (Wildman–Crippen MR) is 104 cm³/mol. The Bertz CT molecular complexity index is 1200. The van der Waals surface area contributed by atoms with E-state index in [4.69, 9.17) is 0 Å². The molecule has 0 aliphatic carbocycles. The van der Waals surface area contributed by atoms with Crippen molar-refractivity contribution in [1.82, 2.24) is 9.38 Å². The monoisotopic (exact) mass is 413 g/mol. The Kier molecular flexibility index (Phi) is 4.99. The number of nitrogens with one attached hydrogen (secondary N) is 1. The van der Waals surface area contributed by atoms with Crippen molar-refractivity contribution in [1.29, 1.82) is 0 Å². The Morgan fingerprint density at radius 3 is 2.33 bits per heavy atom. The maximum absolute atomic E-state index is 13.1. The number of carbonyl (C=O) groups is 1. The van der Waals surface area contributed by atoms with Gasteiger partial charge in [-0.3, -0.25) is 9.20 Å². The number of benzene rings is 2. The summed E-state index contributed by atoms with van der Waals surface area (Å²) in [4.78, 5) is 17.0. The van der Waals surface area contributed by atoms with Crippen molar-refractivity contribution in [2.75, 3.05) is 5.32 Å². The third kappa shape index (κ3) is 4.03. The van der Waals surface area contributed by atoms with Gasteiger partial charge in [0.25, 0.3) is 0 Å². The molecule has 0 spiro atoms. The summed E-state index contributed by atoms with van der Waals surface area (Å²) in [5.74, 6) is -0.413. The first-order valence-electron chi connectivity index (χ1n) is 9.00. The number of rotatable bonds is 4. The van der Waals surface area contributed by atoms with Gasteiger partial charge in [0.1, 0.15) is 23.0 Å². The second-order valence-corrected chi connectivity index (χ2v) is 6.66. The van der Waals surface area contributed by atoms with Gasteiger partial charge in [0.2, 0.25) is 5.91 Å². The van der Waals surface area contributed by atoms with Crippen molar-refractivity contribution in [2.45, 2.75) is 12.6 Å². The Morgan fingerprint density at radius 2 is 1.67 bits per heavy atom. The lowest BCUT2D eigenvalue weighted by Crippen LogP contribution is -2.16. The largest absolute Gasteiger partial charge is 0.416 e. The Balaban J connectivity index is 1.68. The average Bonchev–Trinajstić information content (AvgIpc) is 3.08. The molecule has 8 heteroatoms. The zero-order valence-electron chi connectivity index (χ0n) is 15.4. The van der Waals surface area contributed by atoms with Crippen molar-refractivity contribution in [2.24, 2.45) is 0 Å².